The van der Waals surface area contributed by atoms with E-state index in [9.17, 15) is 9.59 Å². The van der Waals surface area contributed by atoms with E-state index in [1.165, 1.54) is 0 Å². The Morgan fingerprint density at radius 2 is 1.60 bits per heavy atom. The fourth-order valence-corrected chi connectivity index (χ4v) is 4.41. The van der Waals surface area contributed by atoms with E-state index < -0.39 is 5.97 Å². The van der Waals surface area contributed by atoms with Gasteiger partial charge in [-0.1, -0.05) is 54.6 Å². The van der Waals surface area contributed by atoms with E-state index in [1.807, 2.05) is 60.7 Å². The molecule has 4 aromatic carbocycles. The second-order valence-corrected chi connectivity index (χ2v) is 8.19. The van der Waals surface area contributed by atoms with Gasteiger partial charge >= 0.3 is 5.97 Å². The summed E-state index contributed by atoms with van der Waals surface area (Å²) in [5.41, 5.74) is 4.38. The molecular formula is C30H24O5. The van der Waals surface area contributed by atoms with E-state index in [0.29, 0.717) is 45.2 Å². The van der Waals surface area contributed by atoms with Crippen LogP contribution in [-0.4, -0.2) is 19.7 Å². The van der Waals surface area contributed by atoms with Gasteiger partial charge in [0.25, 0.3) is 0 Å². The Balaban J connectivity index is 1.92. The highest BCUT2D eigenvalue weighted by Crippen LogP contribution is 2.37. The molecule has 0 aliphatic carbocycles. The summed E-state index contributed by atoms with van der Waals surface area (Å²) >= 11 is 0. The van der Waals surface area contributed by atoms with Gasteiger partial charge in [0.05, 0.1) is 30.1 Å². The zero-order valence-corrected chi connectivity index (χ0v) is 19.5. The Morgan fingerprint density at radius 3 is 2.31 bits per heavy atom. The first-order valence-corrected chi connectivity index (χ1v) is 11.5. The smallest absolute Gasteiger partial charge is 0.338 e. The van der Waals surface area contributed by atoms with Crippen molar-refractivity contribution < 1.29 is 18.7 Å². The second-order valence-electron chi connectivity index (χ2n) is 8.19. The third-order valence-electron chi connectivity index (χ3n) is 6.07. The number of fused-ring (bicyclic) bond motifs is 2. The molecule has 1 aromatic heterocycles. The molecule has 0 unspecified atom stereocenters. The average molecular weight is 465 g/mol. The minimum absolute atomic E-state index is 0.187. The minimum Gasteiger partial charge on any atom is -0.497 e. The van der Waals surface area contributed by atoms with Gasteiger partial charge in [-0.2, -0.15) is 0 Å². The maximum Gasteiger partial charge on any atom is 0.338 e. The summed E-state index contributed by atoms with van der Waals surface area (Å²) in [6.07, 6.45) is 0.461. The number of carbonyl (C=O) groups excluding carboxylic acids is 1. The van der Waals surface area contributed by atoms with Crippen LogP contribution in [0.3, 0.4) is 0 Å². The van der Waals surface area contributed by atoms with Gasteiger partial charge in [0.2, 0.25) is 5.43 Å². The van der Waals surface area contributed by atoms with E-state index in [2.05, 4.69) is 0 Å². The fraction of sp³-hybridized carbons (Fsp3) is 0.133. The molecule has 0 radical (unpaired) electrons. The van der Waals surface area contributed by atoms with Gasteiger partial charge in [-0.3, -0.25) is 4.79 Å². The highest BCUT2D eigenvalue weighted by Gasteiger charge is 2.24. The molecule has 0 fully saturated rings. The standard InChI is InChI=1S/C30H24O5/c1-3-34-30(32)24-18-25-28(31)22-11-7-8-12-26(22)35-29(25)27(20-13-15-21(33-2)16-14-20)23(24)17-19-9-5-4-6-10-19/h4-16,18H,3,17H2,1-2H3. The largest absolute Gasteiger partial charge is 0.497 e. The van der Waals surface area contributed by atoms with Crippen LogP contribution >= 0.6 is 0 Å². The Labute approximate surface area is 202 Å². The van der Waals surface area contributed by atoms with Crippen molar-refractivity contribution in [1.29, 1.82) is 0 Å². The van der Waals surface area contributed by atoms with Crippen LogP contribution in [0, 0.1) is 0 Å². The predicted octanol–water partition coefficient (Wildman–Crippen LogP) is 6.39. The van der Waals surface area contributed by atoms with Crippen molar-refractivity contribution in [3.8, 4) is 16.9 Å². The lowest BCUT2D eigenvalue weighted by molar-refractivity contribution is 0.0525. The first-order chi connectivity index (χ1) is 17.1. The van der Waals surface area contributed by atoms with E-state index in [0.717, 1.165) is 16.7 Å². The SMILES string of the molecule is CCOC(=O)c1cc2c(=O)c3ccccc3oc2c(-c2ccc(OC)cc2)c1Cc1ccccc1. The Bertz CT molecular complexity index is 1580. The monoisotopic (exact) mass is 464 g/mol. The third-order valence-corrected chi connectivity index (χ3v) is 6.07. The molecule has 0 atom stereocenters. The van der Waals surface area contributed by atoms with E-state index in [4.69, 9.17) is 13.9 Å². The van der Waals surface area contributed by atoms with Crippen LogP contribution in [0.15, 0.2) is 94.1 Å². The number of esters is 1. The summed E-state index contributed by atoms with van der Waals surface area (Å²) in [5.74, 6) is 0.235. The molecule has 0 bridgehead atoms. The molecule has 0 aliphatic rings. The zero-order valence-electron chi connectivity index (χ0n) is 19.5. The highest BCUT2D eigenvalue weighted by molar-refractivity contribution is 6.05. The van der Waals surface area contributed by atoms with Crippen molar-refractivity contribution in [2.45, 2.75) is 13.3 Å². The molecule has 174 valence electrons. The molecule has 0 saturated carbocycles. The van der Waals surface area contributed by atoms with Crippen LogP contribution in [0.5, 0.6) is 5.75 Å². The topological polar surface area (TPSA) is 65.7 Å². The molecule has 0 aliphatic heterocycles. The van der Waals surface area contributed by atoms with Crippen LogP contribution < -0.4 is 10.2 Å². The molecule has 1 heterocycles. The first-order valence-electron chi connectivity index (χ1n) is 11.5. The maximum atomic E-state index is 13.5. The van der Waals surface area contributed by atoms with Crippen LogP contribution in [-0.2, 0) is 11.2 Å². The van der Waals surface area contributed by atoms with Crippen LogP contribution in [0.25, 0.3) is 33.1 Å². The molecule has 0 saturated heterocycles. The van der Waals surface area contributed by atoms with Gasteiger partial charge in [-0.25, -0.2) is 4.79 Å². The molecular weight excluding hydrogens is 440 g/mol. The Morgan fingerprint density at radius 1 is 0.886 bits per heavy atom. The Hall–Kier alpha value is -4.38. The quantitative estimate of drug-likeness (QED) is 0.215. The van der Waals surface area contributed by atoms with E-state index >= 15 is 0 Å². The maximum absolute atomic E-state index is 13.5. The van der Waals surface area contributed by atoms with Crippen molar-refractivity contribution in [2.75, 3.05) is 13.7 Å². The summed E-state index contributed by atoms with van der Waals surface area (Å²) in [6.45, 7) is 1.99. The number of hydrogen-bond donors (Lipinski definition) is 0. The molecule has 5 nitrogen and oxygen atoms in total. The number of methoxy groups -OCH3 is 1. The third kappa shape index (κ3) is 4.17. The molecule has 5 rings (SSSR count). The molecule has 35 heavy (non-hydrogen) atoms. The van der Waals surface area contributed by atoms with Crippen molar-refractivity contribution >= 4 is 27.9 Å². The number of rotatable bonds is 6. The van der Waals surface area contributed by atoms with Crippen LogP contribution in [0.4, 0.5) is 0 Å². The van der Waals surface area contributed by atoms with Crippen molar-refractivity contribution in [3.63, 3.8) is 0 Å². The van der Waals surface area contributed by atoms with Gasteiger partial charge < -0.3 is 13.9 Å². The van der Waals surface area contributed by atoms with Crippen molar-refractivity contribution in [3.05, 3.63) is 112 Å². The number of benzene rings is 4. The molecule has 5 aromatic rings. The van der Waals surface area contributed by atoms with Gasteiger partial charge in [0.1, 0.15) is 16.9 Å². The van der Waals surface area contributed by atoms with E-state index in [-0.39, 0.29) is 12.0 Å². The van der Waals surface area contributed by atoms with Crippen molar-refractivity contribution in [2.24, 2.45) is 0 Å². The van der Waals surface area contributed by atoms with Gasteiger partial charge in [0.15, 0.2) is 0 Å². The Kier molecular flexibility index (Phi) is 6.06. The number of hydrogen-bond acceptors (Lipinski definition) is 5. The summed E-state index contributed by atoms with van der Waals surface area (Å²) in [4.78, 5) is 26.7. The summed E-state index contributed by atoms with van der Waals surface area (Å²) in [7, 11) is 1.61. The first kappa shape index (κ1) is 22.4. The summed E-state index contributed by atoms with van der Waals surface area (Å²) in [6, 6.07) is 26.2. The second kappa shape index (κ2) is 9.47. The number of para-hydroxylation sites is 1. The summed E-state index contributed by atoms with van der Waals surface area (Å²) in [5, 5.41) is 0.806. The lowest BCUT2D eigenvalue weighted by atomic mass is 9.88. The number of ether oxygens (including phenoxy) is 2. The van der Waals surface area contributed by atoms with Crippen LogP contribution in [0.2, 0.25) is 0 Å². The lowest BCUT2D eigenvalue weighted by Crippen LogP contribution is -2.13. The van der Waals surface area contributed by atoms with Crippen LogP contribution in [0.1, 0.15) is 28.4 Å². The van der Waals surface area contributed by atoms with Gasteiger partial charge in [-0.15, -0.1) is 0 Å². The van der Waals surface area contributed by atoms with Crippen molar-refractivity contribution in [1.82, 2.24) is 0 Å². The van der Waals surface area contributed by atoms with E-state index in [1.54, 1.807) is 38.3 Å². The predicted molar refractivity (Wildman–Crippen MR) is 137 cm³/mol. The van der Waals surface area contributed by atoms with Gasteiger partial charge in [0, 0.05) is 5.56 Å². The van der Waals surface area contributed by atoms with Gasteiger partial charge in [-0.05, 0) is 60.4 Å². The normalized spacial score (nSPS) is 11.0. The minimum atomic E-state index is -0.470. The number of carbonyl (C=O) groups is 1. The zero-order chi connectivity index (χ0) is 24.4. The molecule has 0 amide bonds. The highest BCUT2D eigenvalue weighted by atomic mass is 16.5. The molecule has 0 spiro atoms. The average Bonchev–Trinajstić information content (AvgIpc) is 2.89. The summed E-state index contributed by atoms with van der Waals surface area (Å²) < 4.78 is 17.1. The molecule has 0 N–H and O–H groups in total. The fourth-order valence-electron chi connectivity index (χ4n) is 4.41. The molecule has 5 heteroatoms. The lowest BCUT2D eigenvalue weighted by Gasteiger charge is -2.18.